The maximum absolute atomic E-state index is 5.04. The molecule has 0 aliphatic carbocycles. The van der Waals surface area contributed by atoms with Crippen LogP contribution in [0.1, 0.15) is 26.2 Å². The Hall–Kier alpha value is -0.160. The summed E-state index contributed by atoms with van der Waals surface area (Å²) in [6.07, 6.45) is 3.72. The summed E-state index contributed by atoms with van der Waals surface area (Å²) in [5, 5.41) is 3.52. The van der Waals surface area contributed by atoms with Crippen molar-refractivity contribution in [2.24, 2.45) is 0 Å². The molecule has 0 spiro atoms. The molecule has 0 aromatic carbocycles. The molecule has 0 aromatic rings. The maximum atomic E-state index is 5.04. The predicted molar refractivity (Wildman–Crippen MR) is 77.1 cm³/mol. The van der Waals surface area contributed by atoms with Crippen molar-refractivity contribution in [1.29, 1.82) is 0 Å². The molecule has 1 aliphatic heterocycles. The molecule has 4 nitrogen and oxygen atoms in total. The Labute approximate surface area is 113 Å². The van der Waals surface area contributed by atoms with Crippen LogP contribution in [-0.4, -0.2) is 75.9 Å². The molecule has 1 saturated heterocycles. The van der Waals surface area contributed by atoms with E-state index in [0.29, 0.717) is 6.04 Å². The summed E-state index contributed by atoms with van der Waals surface area (Å²) in [6, 6.07) is 1.43. The van der Waals surface area contributed by atoms with E-state index in [1.807, 2.05) is 0 Å². The second-order valence-electron chi connectivity index (χ2n) is 5.63. The zero-order valence-electron chi connectivity index (χ0n) is 12.6. The van der Waals surface area contributed by atoms with E-state index < -0.39 is 0 Å². The predicted octanol–water partition coefficient (Wildman–Crippen LogP) is 1.03. The van der Waals surface area contributed by atoms with Gasteiger partial charge in [-0.2, -0.15) is 0 Å². The topological polar surface area (TPSA) is 27.7 Å². The Morgan fingerprint density at radius 2 is 2.00 bits per heavy atom. The number of methoxy groups -OCH3 is 1. The van der Waals surface area contributed by atoms with Crippen molar-refractivity contribution in [3.05, 3.63) is 0 Å². The summed E-state index contributed by atoms with van der Waals surface area (Å²) < 4.78 is 5.04. The third-order valence-electron chi connectivity index (χ3n) is 3.99. The number of piperidine rings is 1. The van der Waals surface area contributed by atoms with Gasteiger partial charge in [0, 0.05) is 32.3 Å². The number of rotatable bonds is 8. The summed E-state index contributed by atoms with van der Waals surface area (Å²) in [4.78, 5) is 4.98. The Kier molecular flexibility index (Phi) is 7.82. The molecule has 1 heterocycles. The fourth-order valence-corrected chi connectivity index (χ4v) is 2.62. The van der Waals surface area contributed by atoms with Gasteiger partial charge in [0.2, 0.25) is 0 Å². The summed E-state index contributed by atoms with van der Waals surface area (Å²) in [5.41, 5.74) is 0. The highest BCUT2D eigenvalue weighted by Crippen LogP contribution is 2.15. The van der Waals surface area contributed by atoms with E-state index in [2.05, 4.69) is 36.1 Å². The minimum absolute atomic E-state index is 0.649. The number of ether oxygens (including phenoxy) is 1. The van der Waals surface area contributed by atoms with Crippen LogP contribution in [0, 0.1) is 0 Å². The standard InChI is InChI=1S/C14H31N3O/c1-13(12-15-8-5-11-18-4)17-9-6-14(7-10-17)16(2)3/h13-15H,5-12H2,1-4H3. The lowest BCUT2D eigenvalue weighted by molar-refractivity contribution is 0.113. The fourth-order valence-electron chi connectivity index (χ4n) is 2.62. The van der Waals surface area contributed by atoms with E-state index in [9.17, 15) is 0 Å². The molecule has 0 aromatic heterocycles. The first kappa shape index (κ1) is 15.9. The molecule has 4 heteroatoms. The molecule has 108 valence electrons. The van der Waals surface area contributed by atoms with Crippen LogP contribution in [0.2, 0.25) is 0 Å². The number of hydrogen-bond acceptors (Lipinski definition) is 4. The van der Waals surface area contributed by atoms with Gasteiger partial charge in [-0.1, -0.05) is 0 Å². The number of nitrogens with one attached hydrogen (secondary N) is 1. The van der Waals surface area contributed by atoms with E-state index in [4.69, 9.17) is 4.74 Å². The number of nitrogens with zero attached hydrogens (tertiary/aromatic N) is 2. The molecule has 0 saturated carbocycles. The Balaban J connectivity index is 2.10. The van der Waals surface area contributed by atoms with Crippen molar-refractivity contribution >= 4 is 0 Å². The summed E-state index contributed by atoms with van der Waals surface area (Å²) in [7, 11) is 6.15. The lowest BCUT2D eigenvalue weighted by Crippen LogP contribution is -2.48. The van der Waals surface area contributed by atoms with Crippen molar-refractivity contribution in [2.75, 3.05) is 54.0 Å². The summed E-state index contributed by atoms with van der Waals surface area (Å²) >= 11 is 0. The lowest BCUT2D eigenvalue weighted by atomic mass is 10.0. The molecule has 1 unspecified atom stereocenters. The van der Waals surface area contributed by atoms with Gasteiger partial charge < -0.3 is 15.0 Å². The molecular weight excluding hydrogens is 226 g/mol. The van der Waals surface area contributed by atoms with Crippen LogP contribution in [0.25, 0.3) is 0 Å². The van der Waals surface area contributed by atoms with Crippen LogP contribution >= 0.6 is 0 Å². The van der Waals surface area contributed by atoms with Gasteiger partial charge in [0.25, 0.3) is 0 Å². The van der Waals surface area contributed by atoms with Crippen molar-refractivity contribution in [3.63, 3.8) is 0 Å². The SMILES string of the molecule is COCCCNCC(C)N1CCC(N(C)C)CC1. The Morgan fingerprint density at radius 3 is 2.56 bits per heavy atom. The minimum Gasteiger partial charge on any atom is -0.385 e. The third kappa shape index (κ3) is 5.65. The average molecular weight is 257 g/mol. The second-order valence-corrected chi connectivity index (χ2v) is 5.63. The van der Waals surface area contributed by atoms with E-state index in [1.165, 1.54) is 25.9 Å². The number of likely N-dealkylation sites (tertiary alicyclic amines) is 1. The van der Waals surface area contributed by atoms with Crippen molar-refractivity contribution < 1.29 is 4.74 Å². The minimum atomic E-state index is 0.649. The van der Waals surface area contributed by atoms with Crippen LogP contribution in [0.5, 0.6) is 0 Å². The first-order valence-electron chi connectivity index (χ1n) is 7.25. The maximum Gasteiger partial charge on any atom is 0.0474 e. The van der Waals surface area contributed by atoms with Gasteiger partial charge in [-0.05, 0) is 59.9 Å². The zero-order valence-corrected chi connectivity index (χ0v) is 12.6. The molecule has 1 atom stereocenters. The molecule has 1 aliphatic rings. The first-order valence-corrected chi connectivity index (χ1v) is 7.25. The second kappa shape index (κ2) is 8.86. The smallest absolute Gasteiger partial charge is 0.0474 e. The summed E-state index contributed by atoms with van der Waals surface area (Å²) in [6.45, 7) is 7.82. The average Bonchev–Trinajstić information content (AvgIpc) is 2.38. The van der Waals surface area contributed by atoms with Gasteiger partial charge in [0.1, 0.15) is 0 Å². The highest BCUT2D eigenvalue weighted by Gasteiger charge is 2.23. The third-order valence-corrected chi connectivity index (χ3v) is 3.99. The monoisotopic (exact) mass is 257 g/mol. The van der Waals surface area contributed by atoms with Gasteiger partial charge in [0.05, 0.1) is 0 Å². The van der Waals surface area contributed by atoms with E-state index in [-0.39, 0.29) is 0 Å². The molecule has 18 heavy (non-hydrogen) atoms. The van der Waals surface area contributed by atoms with Crippen LogP contribution in [0.3, 0.4) is 0 Å². The lowest BCUT2D eigenvalue weighted by Gasteiger charge is -2.38. The van der Waals surface area contributed by atoms with E-state index in [0.717, 1.165) is 32.2 Å². The Bertz CT molecular complexity index is 203. The quantitative estimate of drug-likeness (QED) is 0.657. The molecule has 1 fully saturated rings. The highest BCUT2D eigenvalue weighted by molar-refractivity contribution is 4.80. The number of hydrogen-bond donors (Lipinski definition) is 1. The van der Waals surface area contributed by atoms with Crippen LogP contribution in [0.15, 0.2) is 0 Å². The molecule has 0 amide bonds. The Morgan fingerprint density at radius 1 is 1.33 bits per heavy atom. The van der Waals surface area contributed by atoms with Gasteiger partial charge >= 0.3 is 0 Å². The largest absolute Gasteiger partial charge is 0.385 e. The van der Waals surface area contributed by atoms with Crippen LogP contribution in [0.4, 0.5) is 0 Å². The van der Waals surface area contributed by atoms with Gasteiger partial charge in [-0.15, -0.1) is 0 Å². The van der Waals surface area contributed by atoms with Crippen LogP contribution in [-0.2, 0) is 4.74 Å². The molecule has 1 N–H and O–H groups in total. The molecule has 1 rings (SSSR count). The van der Waals surface area contributed by atoms with Crippen LogP contribution < -0.4 is 5.32 Å². The highest BCUT2D eigenvalue weighted by atomic mass is 16.5. The van der Waals surface area contributed by atoms with Gasteiger partial charge in [-0.25, -0.2) is 0 Å². The van der Waals surface area contributed by atoms with E-state index in [1.54, 1.807) is 7.11 Å². The fraction of sp³-hybridized carbons (Fsp3) is 1.00. The molecule has 0 radical (unpaired) electrons. The first-order chi connectivity index (χ1) is 8.65. The van der Waals surface area contributed by atoms with Crippen molar-refractivity contribution in [3.8, 4) is 0 Å². The molecule has 0 bridgehead atoms. The van der Waals surface area contributed by atoms with Gasteiger partial charge in [0.15, 0.2) is 0 Å². The van der Waals surface area contributed by atoms with Crippen molar-refractivity contribution in [2.45, 2.75) is 38.3 Å². The summed E-state index contributed by atoms with van der Waals surface area (Å²) in [5.74, 6) is 0. The van der Waals surface area contributed by atoms with Crippen molar-refractivity contribution in [1.82, 2.24) is 15.1 Å². The van der Waals surface area contributed by atoms with Gasteiger partial charge in [-0.3, -0.25) is 4.90 Å². The van der Waals surface area contributed by atoms with E-state index >= 15 is 0 Å². The zero-order chi connectivity index (χ0) is 13.4. The molecular formula is C14H31N3O. The normalized spacial score (nSPS) is 20.5.